The summed E-state index contributed by atoms with van der Waals surface area (Å²) in [6.45, 7) is 7.43. The van der Waals surface area contributed by atoms with Gasteiger partial charge in [-0.25, -0.2) is 15.0 Å². The second kappa shape index (κ2) is 9.58. The molecule has 204 valence electrons. The molecule has 1 aliphatic heterocycles. The van der Waals surface area contributed by atoms with Crippen LogP contribution in [0, 0.1) is 18.3 Å². The SMILES string of the molecule is CC(=O)c1nn(CC(=O)N2C3[C@@H](C)[C@@]3(C)C[C@H]2C(=O)Nc2cccc(Br)n2)c2ccc(-c3cnc(C)nc3)cc12. The second-order valence-electron chi connectivity index (χ2n) is 10.9. The maximum atomic E-state index is 13.9. The zero-order valence-corrected chi connectivity index (χ0v) is 24.1. The number of carbonyl (C=O) groups excluding carboxylic acids is 3. The van der Waals surface area contributed by atoms with Crippen molar-refractivity contribution in [3.8, 4) is 11.1 Å². The summed E-state index contributed by atoms with van der Waals surface area (Å²) in [6, 6.07) is 10.3. The van der Waals surface area contributed by atoms with E-state index in [1.165, 1.54) is 6.92 Å². The van der Waals surface area contributed by atoms with Crippen LogP contribution in [0.5, 0.6) is 0 Å². The molecular weight excluding hydrogens is 574 g/mol. The topological polar surface area (TPSA) is 123 Å². The monoisotopic (exact) mass is 601 g/mol. The Bertz CT molecular complexity index is 1680. The molecule has 40 heavy (non-hydrogen) atoms. The van der Waals surface area contributed by atoms with E-state index in [2.05, 4.69) is 55.1 Å². The van der Waals surface area contributed by atoms with E-state index >= 15 is 0 Å². The van der Waals surface area contributed by atoms with Crippen LogP contribution in [0.1, 0.15) is 43.5 Å². The van der Waals surface area contributed by atoms with Crippen molar-refractivity contribution < 1.29 is 14.4 Å². The number of aryl methyl sites for hydroxylation is 1. The molecule has 4 aromatic rings. The predicted octanol–water partition coefficient (Wildman–Crippen LogP) is 4.43. The summed E-state index contributed by atoms with van der Waals surface area (Å²) < 4.78 is 2.18. The molecule has 4 atom stereocenters. The first-order valence-corrected chi connectivity index (χ1v) is 13.9. The highest BCUT2D eigenvalue weighted by molar-refractivity contribution is 9.10. The number of pyridine rings is 1. The molecule has 2 aliphatic rings. The average molecular weight is 602 g/mol. The van der Waals surface area contributed by atoms with E-state index in [1.54, 1.807) is 40.2 Å². The number of hydrogen-bond acceptors (Lipinski definition) is 7. The van der Waals surface area contributed by atoms with Crippen LogP contribution in [-0.2, 0) is 16.1 Å². The molecule has 4 heterocycles. The summed E-state index contributed by atoms with van der Waals surface area (Å²) in [6.07, 6.45) is 4.05. The molecule has 2 fully saturated rings. The maximum absolute atomic E-state index is 13.9. The van der Waals surface area contributed by atoms with Gasteiger partial charge in [-0.15, -0.1) is 0 Å². The molecule has 2 amide bonds. The smallest absolute Gasteiger partial charge is 0.248 e. The van der Waals surface area contributed by atoms with Crippen molar-refractivity contribution in [2.75, 3.05) is 5.32 Å². The fraction of sp³-hybridized carbons (Fsp3) is 0.345. The van der Waals surface area contributed by atoms with E-state index in [1.807, 2.05) is 25.1 Å². The minimum absolute atomic E-state index is 0.0338. The zero-order chi connectivity index (χ0) is 28.3. The highest BCUT2D eigenvalue weighted by Crippen LogP contribution is 2.64. The minimum Gasteiger partial charge on any atom is -0.325 e. The standard InChI is InChI=1S/C29H28BrN7O3/c1-15-27-29(15,4)11-22(28(40)34-24-7-5-6-23(30)33-24)37(27)25(39)14-36-21-9-8-18(19-12-31-17(3)32-13-19)10-20(21)26(35-36)16(2)38/h5-10,12-13,15,22,27H,11,14H2,1-4H3,(H,33,34,40)/t15-,22+,27?,29-/m1/s1. The van der Waals surface area contributed by atoms with Crippen LogP contribution in [0.3, 0.4) is 0 Å². The Hall–Kier alpha value is -3.99. The lowest BCUT2D eigenvalue weighted by Gasteiger charge is -2.28. The molecule has 1 unspecified atom stereocenters. The summed E-state index contributed by atoms with van der Waals surface area (Å²) in [7, 11) is 0. The van der Waals surface area contributed by atoms with Crippen molar-refractivity contribution in [3.63, 3.8) is 0 Å². The molecule has 1 aliphatic carbocycles. The number of piperidine rings is 1. The molecule has 1 aromatic carbocycles. The van der Waals surface area contributed by atoms with E-state index in [4.69, 9.17) is 0 Å². The van der Waals surface area contributed by atoms with Crippen molar-refractivity contribution in [2.24, 2.45) is 11.3 Å². The van der Waals surface area contributed by atoms with E-state index in [-0.39, 0.29) is 41.5 Å². The third-order valence-electron chi connectivity index (χ3n) is 8.39. The Morgan fingerprint density at radius 1 is 1.12 bits per heavy atom. The van der Waals surface area contributed by atoms with Gasteiger partial charge in [0.15, 0.2) is 5.78 Å². The summed E-state index contributed by atoms with van der Waals surface area (Å²) in [5, 5.41) is 8.07. The maximum Gasteiger partial charge on any atom is 0.248 e. The van der Waals surface area contributed by atoms with E-state index in [0.29, 0.717) is 39.3 Å². The lowest BCUT2D eigenvalue weighted by atomic mass is 9.98. The molecule has 0 radical (unpaired) electrons. The number of fused-ring (bicyclic) bond motifs is 2. The van der Waals surface area contributed by atoms with Crippen LogP contribution < -0.4 is 5.32 Å². The van der Waals surface area contributed by atoms with Crippen LogP contribution >= 0.6 is 15.9 Å². The molecular formula is C29H28BrN7O3. The van der Waals surface area contributed by atoms with Crippen LogP contribution in [-0.4, -0.2) is 59.3 Å². The minimum atomic E-state index is -0.623. The summed E-state index contributed by atoms with van der Waals surface area (Å²) in [5.74, 6) is 0.700. The number of hydrogen-bond donors (Lipinski definition) is 1. The molecule has 11 heteroatoms. The first kappa shape index (κ1) is 26.2. The van der Waals surface area contributed by atoms with Crippen LogP contribution in [0.15, 0.2) is 53.4 Å². The molecule has 0 bridgehead atoms. The van der Waals surface area contributed by atoms with Gasteiger partial charge in [0.1, 0.15) is 34.5 Å². The summed E-state index contributed by atoms with van der Waals surface area (Å²) in [4.78, 5) is 54.3. The third kappa shape index (κ3) is 4.38. The number of likely N-dealkylation sites (tertiary alicyclic amines) is 1. The van der Waals surface area contributed by atoms with Crippen LogP contribution in [0.2, 0.25) is 0 Å². The number of benzene rings is 1. The Balaban J connectivity index is 1.30. The van der Waals surface area contributed by atoms with Gasteiger partial charge >= 0.3 is 0 Å². The predicted molar refractivity (Wildman–Crippen MR) is 152 cm³/mol. The Kier molecular flexibility index (Phi) is 6.29. The number of anilines is 1. The number of Topliss-reactive ketones (excluding diaryl/α,β-unsaturated/α-hetero) is 1. The molecule has 3 aromatic heterocycles. The van der Waals surface area contributed by atoms with Gasteiger partial charge in [0.25, 0.3) is 0 Å². The van der Waals surface area contributed by atoms with Gasteiger partial charge in [0.2, 0.25) is 11.8 Å². The summed E-state index contributed by atoms with van der Waals surface area (Å²) in [5.41, 5.74) is 2.50. The quantitative estimate of drug-likeness (QED) is 0.256. The number of carbonyl (C=O) groups is 3. The number of ketones is 1. The third-order valence-corrected chi connectivity index (χ3v) is 8.83. The van der Waals surface area contributed by atoms with E-state index < -0.39 is 6.04 Å². The number of rotatable bonds is 6. The van der Waals surface area contributed by atoms with Gasteiger partial charge in [-0.2, -0.15) is 5.10 Å². The second-order valence-corrected chi connectivity index (χ2v) is 11.7. The molecule has 1 saturated heterocycles. The zero-order valence-electron chi connectivity index (χ0n) is 22.6. The molecule has 10 nitrogen and oxygen atoms in total. The molecule has 6 rings (SSSR count). The van der Waals surface area contributed by atoms with Gasteiger partial charge < -0.3 is 10.2 Å². The first-order chi connectivity index (χ1) is 19.1. The Labute approximate surface area is 239 Å². The molecule has 0 spiro atoms. The number of halogens is 1. The van der Waals surface area contributed by atoms with Crippen molar-refractivity contribution >= 4 is 50.2 Å². The molecule has 1 N–H and O–H groups in total. The van der Waals surface area contributed by atoms with Crippen LogP contribution in [0.25, 0.3) is 22.0 Å². The van der Waals surface area contributed by atoms with E-state index in [0.717, 1.165) is 11.1 Å². The highest BCUT2D eigenvalue weighted by atomic mass is 79.9. The molecule has 1 saturated carbocycles. The number of amides is 2. The largest absolute Gasteiger partial charge is 0.325 e. The Morgan fingerprint density at radius 2 is 1.88 bits per heavy atom. The lowest BCUT2D eigenvalue weighted by molar-refractivity contribution is -0.138. The van der Waals surface area contributed by atoms with Crippen molar-refractivity contribution in [2.45, 2.75) is 52.7 Å². The van der Waals surface area contributed by atoms with E-state index in [9.17, 15) is 14.4 Å². The van der Waals surface area contributed by atoms with Crippen molar-refractivity contribution in [3.05, 3.63) is 64.9 Å². The van der Waals surface area contributed by atoms with Crippen molar-refractivity contribution in [1.82, 2.24) is 29.6 Å². The van der Waals surface area contributed by atoms with Crippen molar-refractivity contribution in [1.29, 1.82) is 0 Å². The Morgan fingerprint density at radius 3 is 2.58 bits per heavy atom. The first-order valence-electron chi connectivity index (χ1n) is 13.1. The number of nitrogens with zero attached hydrogens (tertiary/aromatic N) is 6. The van der Waals surface area contributed by atoms with Gasteiger partial charge in [-0.3, -0.25) is 19.1 Å². The summed E-state index contributed by atoms with van der Waals surface area (Å²) >= 11 is 3.33. The highest BCUT2D eigenvalue weighted by Gasteiger charge is 2.70. The van der Waals surface area contributed by atoms with Gasteiger partial charge in [0, 0.05) is 36.3 Å². The van der Waals surface area contributed by atoms with Gasteiger partial charge in [0.05, 0.1) is 5.52 Å². The normalized spacial score (nSPS) is 23.2. The van der Waals surface area contributed by atoms with Crippen LogP contribution in [0.4, 0.5) is 5.82 Å². The number of nitrogens with one attached hydrogen (secondary N) is 1. The number of aromatic nitrogens is 5. The lowest BCUT2D eigenvalue weighted by Crippen LogP contribution is -2.47. The fourth-order valence-corrected chi connectivity index (χ4v) is 6.41. The fourth-order valence-electron chi connectivity index (χ4n) is 6.07. The van der Waals surface area contributed by atoms with Gasteiger partial charge in [-0.1, -0.05) is 26.0 Å². The average Bonchev–Trinajstić information content (AvgIpc) is 3.20. The van der Waals surface area contributed by atoms with Gasteiger partial charge in [-0.05, 0) is 70.4 Å².